The summed E-state index contributed by atoms with van der Waals surface area (Å²) in [6, 6.07) is 1.82. The van der Waals surface area contributed by atoms with Crippen LogP contribution in [-0.2, 0) is 4.79 Å². The molecular weight excluding hydrogens is 442 g/mol. The van der Waals surface area contributed by atoms with Gasteiger partial charge in [0.15, 0.2) is 11.5 Å². The predicted molar refractivity (Wildman–Crippen MR) is 114 cm³/mol. The Bertz CT molecular complexity index is 869. The Kier molecular flexibility index (Phi) is 8.37. The molecule has 33 heavy (non-hydrogen) atoms. The SMILES string of the molecule is COc1cc(C(=O)N2CCN(CC(=O)N3CCCCCC3)CC2)c([N+](=O)[O-])cc1OC(F)F. The van der Waals surface area contributed by atoms with Crippen molar-refractivity contribution in [2.24, 2.45) is 0 Å². The maximum atomic E-state index is 13.0. The quantitative estimate of drug-likeness (QED) is 0.445. The third-order valence-electron chi connectivity index (χ3n) is 5.90. The zero-order chi connectivity index (χ0) is 24.0. The number of alkyl halides is 2. The van der Waals surface area contributed by atoms with Crippen LogP contribution in [0.4, 0.5) is 14.5 Å². The molecule has 0 saturated carbocycles. The molecule has 0 unspecified atom stereocenters. The monoisotopic (exact) mass is 470 g/mol. The summed E-state index contributed by atoms with van der Waals surface area (Å²) in [7, 11) is 1.19. The van der Waals surface area contributed by atoms with Crippen molar-refractivity contribution in [3.8, 4) is 11.5 Å². The average Bonchev–Trinajstić information content (AvgIpc) is 3.08. The molecule has 0 atom stereocenters. The van der Waals surface area contributed by atoms with Gasteiger partial charge in [0.25, 0.3) is 11.6 Å². The second-order valence-corrected chi connectivity index (χ2v) is 8.02. The van der Waals surface area contributed by atoms with Crippen molar-refractivity contribution in [2.75, 3.05) is 52.9 Å². The Labute approximate surface area is 190 Å². The van der Waals surface area contributed by atoms with Crippen molar-refractivity contribution in [2.45, 2.75) is 32.3 Å². The first-order chi connectivity index (χ1) is 15.8. The van der Waals surface area contributed by atoms with Crippen LogP contribution in [0.3, 0.4) is 0 Å². The standard InChI is InChI=1S/C21H28F2N4O6/c1-32-17-12-15(16(27(30)31)13-18(17)33-21(22)23)20(29)26-10-8-24(9-11-26)14-19(28)25-6-4-2-3-5-7-25/h12-13,21H,2-11,14H2,1H3. The first-order valence-corrected chi connectivity index (χ1v) is 10.9. The van der Waals surface area contributed by atoms with E-state index in [2.05, 4.69) is 4.74 Å². The van der Waals surface area contributed by atoms with Gasteiger partial charge in [-0.05, 0) is 12.8 Å². The number of nitro groups is 1. The average molecular weight is 470 g/mol. The van der Waals surface area contributed by atoms with E-state index in [0.717, 1.165) is 50.9 Å². The summed E-state index contributed by atoms with van der Waals surface area (Å²) < 4.78 is 34.5. The molecule has 2 aliphatic rings. The zero-order valence-electron chi connectivity index (χ0n) is 18.5. The number of hydrogen-bond donors (Lipinski definition) is 0. The summed E-state index contributed by atoms with van der Waals surface area (Å²) >= 11 is 0. The molecule has 3 rings (SSSR count). The summed E-state index contributed by atoms with van der Waals surface area (Å²) in [5.41, 5.74) is -0.914. The van der Waals surface area contributed by atoms with E-state index in [1.807, 2.05) is 9.80 Å². The van der Waals surface area contributed by atoms with E-state index in [1.165, 1.54) is 12.0 Å². The van der Waals surface area contributed by atoms with Crippen LogP contribution < -0.4 is 9.47 Å². The number of nitro benzene ring substituents is 1. The molecule has 0 N–H and O–H groups in total. The van der Waals surface area contributed by atoms with Crippen LogP contribution in [0, 0.1) is 10.1 Å². The number of likely N-dealkylation sites (tertiary alicyclic amines) is 1. The first-order valence-electron chi connectivity index (χ1n) is 10.9. The van der Waals surface area contributed by atoms with Gasteiger partial charge in [-0.3, -0.25) is 24.6 Å². The molecule has 2 saturated heterocycles. The lowest BCUT2D eigenvalue weighted by molar-refractivity contribution is -0.385. The van der Waals surface area contributed by atoms with Crippen LogP contribution >= 0.6 is 0 Å². The van der Waals surface area contributed by atoms with Crippen LogP contribution in [0.5, 0.6) is 11.5 Å². The van der Waals surface area contributed by atoms with E-state index in [9.17, 15) is 28.5 Å². The van der Waals surface area contributed by atoms with Gasteiger partial charge in [-0.1, -0.05) is 12.8 Å². The van der Waals surface area contributed by atoms with Crippen molar-refractivity contribution < 1.29 is 32.8 Å². The number of ether oxygens (including phenoxy) is 2. The Morgan fingerprint density at radius 1 is 1.00 bits per heavy atom. The fourth-order valence-corrected chi connectivity index (χ4v) is 4.11. The Morgan fingerprint density at radius 2 is 1.64 bits per heavy atom. The minimum atomic E-state index is -3.20. The normalized spacial score (nSPS) is 17.6. The van der Waals surface area contributed by atoms with E-state index < -0.39 is 28.9 Å². The number of hydrogen-bond acceptors (Lipinski definition) is 7. The van der Waals surface area contributed by atoms with Gasteiger partial charge in [-0.15, -0.1) is 0 Å². The number of benzene rings is 1. The summed E-state index contributed by atoms with van der Waals surface area (Å²) in [5.74, 6) is -1.26. The molecule has 0 radical (unpaired) electrons. The van der Waals surface area contributed by atoms with E-state index in [-0.39, 0.29) is 36.9 Å². The summed E-state index contributed by atoms with van der Waals surface area (Å²) in [5, 5.41) is 11.5. The molecule has 0 aromatic heterocycles. The summed E-state index contributed by atoms with van der Waals surface area (Å²) in [6.45, 7) is 0.0655. The van der Waals surface area contributed by atoms with Gasteiger partial charge in [-0.25, -0.2) is 0 Å². The van der Waals surface area contributed by atoms with Crippen LogP contribution in [0.2, 0.25) is 0 Å². The van der Waals surface area contributed by atoms with E-state index in [4.69, 9.17) is 4.74 Å². The third-order valence-corrected chi connectivity index (χ3v) is 5.90. The molecular formula is C21H28F2N4O6. The number of rotatable bonds is 7. The highest BCUT2D eigenvalue weighted by molar-refractivity contribution is 5.99. The summed E-state index contributed by atoms with van der Waals surface area (Å²) in [6.07, 6.45) is 4.29. The molecule has 1 aromatic carbocycles. The fraction of sp³-hybridized carbons (Fsp3) is 0.619. The maximum Gasteiger partial charge on any atom is 0.387 e. The largest absolute Gasteiger partial charge is 0.493 e. The molecule has 2 heterocycles. The van der Waals surface area contributed by atoms with Crippen molar-refractivity contribution in [3.63, 3.8) is 0 Å². The van der Waals surface area contributed by atoms with E-state index in [1.54, 1.807) is 0 Å². The number of carbonyl (C=O) groups is 2. The number of methoxy groups -OCH3 is 1. The van der Waals surface area contributed by atoms with Crippen molar-refractivity contribution in [3.05, 3.63) is 27.8 Å². The Balaban J connectivity index is 1.66. The second kappa shape index (κ2) is 11.2. The molecule has 10 nitrogen and oxygen atoms in total. The van der Waals surface area contributed by atoms with Gasteiger partial charge in [0.2, 0.25) is 5.91 Å². The van der Waals surface area contributed by atoms with Crippen LogP contribution in [-0.4, -0.2) is 91.0 Å². The first kappa shape index (κ1) is 24.6. The highest BCUT2D eigenvalue weighted by Crippen LogP contribution is 2.36. The van der Waals surface area contributed by atoms with Crippen LogP contribution in [0.1, 0.15) is 36.0 Å². The number of halogens is 2. The zero-order valence-corrected chi connectivity index (χ0v) is 18.5. The topological polar surface area (TPSA) is 105 Å². The molecule has 0 aliphatic carbocycles. The maximum absolute atomic E-state index is 13.0. The lowest BCUT2D eigenvalue weighted by atomic mass is 10.1. The molecule has 2 fully saturated rings. The lowest BCUT2D eigenvalue weighted by Crippen LogP contribution is -2.51. The highest BCUT2D eigenvalue weighted by Gasteiger charge is 2.31. The molecule has 0 bridgehead atoms. The number of carbonyl (C=O) groups excluding carboxylic acids is 2. The predicted octanol–water partition coefficient (Wildman–Crippen LogP) is 2.37. The van der Waals surface area contributed by atoms with Crippen molar-refractivity contribution in [1.82, 2.24) is 14.7 Å². The Hall–Kier alpha value is -3.02. The van der Waals surface area contributed by atoms with Gasteiger partial charge in [0.1, 0.15) is 5.56 Å². The Morgan fingerprint density at radius 3 is 2.18 bits per heavy atom. The number of amides is 2. The molecule has 1 aromatic rings. The van der Waals surface area contributed by atoms with Crippen molar-refractivity contribution >= 4 is 17.5 Å². The third kappa shape index (κ3) is 6.28. The second-order valence-electron chi connectivity index (χ2n) is 8.02. The number of nitrogens with zero attached hydrogens (tertiary/aromatic N) is 4. The van der Waals surface area contributed by atoms with Gasteiger partial charge in [0.05, 0.1) is 24.6 Å². The van der Waals surface area contributed by atoms with E-state index in [0.29, 0.717) is 13.1 Å². The lowest BCUT2D eigenvalue weighted by Gasteiger charge is -2.35. The van der Waals surface area contributed by atoms with Gasteiger partial charge in [-0.2, -0.15) is 8.78 Å². The highest BCUT2D eigenvalue weighted by atomic mass is 19.3. The minimum absolute atomic E-state index is 0.0756. The van der Waals surface area contributed by atoms with Gasteiger partial charge in [0, 0.05) is 45.3 Å². The van der Waals surface area contributed by atoms with Crippen molar-refractivity contribution in [1.29, 1.82) is 0 Å². The van der Waals surface area contributed by atoms with Gasteiger partial charge >= 0.3 is 6.61 Å². The molecule has 12 heteroatoms. The molecule has 182 valence electrons. The fourth-order valence-electron chi connectivity index (χ4n) is 4.11. The summed E-state index contributed by atoms with van der Waals surface area (Å²) in [4.78, 5) is 41.6. The molecule has 2 aliphatic heterocycles. The van der Waals surface area contributed by atoms with Crippen LogP contribution in [0.15, 0.2) is 12.1 Å². The smallest absolute Gasteiger partial charge is 0.387 e. The number of piperazine rings is 1. The van der Waals surface area contributed by atoms with Crippen LogP contribution in [0.25, 0.3) is 0 Å². The van der Waals surface area contributed by atoms with E-state index >= 15 is 0 Å². The van der Waals surface area contributed by atoms with Gasteiger partial charge < -0.3 is 19.3 Å². The molecule has 2 amide bonds. The molecule has 0 spiro atoms. The minimum Gasteiger partial charge on any atom is -0.493 e.